The molecule has 0 aliphatic carbocycles. The van der Waals surface area contributed by atoms with Crippen molar-refractivity contribution in [3.63, 3.8) is 0 Å². The van der Waals surface area contributed by atoms with Crippen molar-refractivity contribution >= 4 is 17.5 Å². The first-order valence-corrected chi connectivity index (χ1v) is 5.61. The number of hydrogen-bond acceptors (Lipinski definition) is 1. The van der Waals surface area contributed by atoms with Gasteiger partial charge in [0.05, 0.1) is 0 Å². The van der Waals surface area contributed by atoms with Crippen molar-refractivity contribution < 1.29 is 9.18 Å². The van der Waals surface area contributed by atoms with Gasteiger partial charge in [-0.25, -0.2) is 4.39 Å². The summed E-state index contributed by atoms with van der Waals surface area (Å²) in [6.45, 7) is 1.94. The van der Waals surface area contributed by atoms with Crippen molar-refractivity contribution in [3.05, 3.63) is 34.6 Å². The fourth-order valence-corrected chi connectivity index (χ4v) is 2.23. The van der Waals surface area contributed by atoms with Crippen LogP contribution in [0.25, 0.3) is 0 Å². The molecule has 1 aliphatic heterocycles. The first kappa shape index (κ1) is 11.4. The zero-order valence-corrected chi connectivity index (χ0v) is 9.77. The lowest BCUT2D eigenvalue weighted by Crippen LogP contribution is -2.40. The van der Waals surface area contributed by atoms with Crippen LogP contribution in [-0.2, 0) is 11.2 Å². The highest BCUT2D eigenvalue weighted by molar-refractivity contribution is 6.30. The molecule has 0 radical (unpaired) electrons. The number of nitrogens with one attached hydrogen (secondary N) is 1. The largest absolute Gasteiger partial charge is 0.351 e. The summed E-state index contributed by atoms with van der Waals surface area (Å²) in [5.74, 6) is -0.272. The molecule has 1 saturated heterocycles. The van der Waals surface area contributed by atoms with Crippen molar-refractivity contribution in [1.82, 2.24) is 5.32 Å². The molecule has 1 aromatic carbocycles. The Balaban J connectivity index is 2.17. The van der Waals surface area contributed by atoms with Gasteiger partial charge in [-0.1, -0.05) is 17.7 Å². The van der Waals surface area contributed by atoms with Gasteiger partial charge in [0.15, 0.2) is 0 Å². The van der Waals surface area contributed by atoms with E-state index in [0.29, 0.717) is 23.4 Å². The zero-order valence-electron chi connectivity index (χ0n) is 9.02. The number of halogens is 2. The molecule has 0 saturated carbocycles. The summed E-state index contributed by atoms with van der Waals surface area (Å²) in [4.78, 5) is 11.2. The minimum Gasteiger partial charge on any atom is -0.351 e. The van der Waals surface area contributed by atoms with Crippen LogP contribution in [0.2, 0.25) is 5.02 Å². The lowest BCUT2D eigenvalue weighted by Gasteiger charge is -2.24. The fourth-order valence-electron chi connectivity index (χ4n) is 2.07. The van der Waals surface area contributed by atoms with Crippen LogP contribution in [0, 0.1) is 5.82 Å². The molecule has 2 nitrogen and oxygen atoms in total. The van der Waals surface area contributed by atoms with Gasteiger partial charge in [-0.3, -0.25) is 4.79 Å². The zero-order chi connectivity index (χ0) is 11.8. The molecule has 2 rings (SSSR count). The monoisotopic (exact) mass is 241 g/mol. The number of amides is 1. The SMILES string of the molecule is CC1(Cc2ccc(Cl)cc2F)CCC(=O)N1. The second-order valence-electron chi connectivity index (χ2n) is 4.52. The third kappa shape index (κ3) is 2.35. The van der Waals surface area contributed by atoms with Crippen LogP contribution in [-0.4, -0.2) is 11.4 Å². The highest BCUT2D eigenvalue weighted by atomic mass is 35.5. The summed E-state index contributed by atoms with van der Waals surface area (Å²) in [7, 11) is 0. The highest BCUT2D eigenvalue weighted by Gasteiger charge is 2.33. The van der Waals surface area contributed by atoms with Crippen LogP contribution >= 0.6 is 11.6 Å². The molecule has 16 heavy (non-hydrogen) atoms. The molecule has 1 N–H and O–H groups in total. The summed E-state index contributed by atoms with van der Waals surface area (Å²) in [5, 5.41) is 3.27. The second kappa shape index (κ2) is 4.06. The second-order valence-corrected chi connectivity index (χ2v) is 4.96. The molecule has 1 amide bonds. The molecule has 1 heterocycles. The lowest BCUT2D eigenvalue weighted by molar-refractivity contribution is -0.119. The molecule has 1 fully saturated rings. The van der Waals surface area contributed by atoms with E-state index >= 15 is 0 Å². The van der Waals surface area contributed by atoms with E-state index in [0.717, 1.165) is 6.42 Å². The van der Waals surface area contributed by atoms with Crippen LogP contribution in [0.5, 0.6) is 0 Å². The predicted molar refractivity (Wildman–Crippen MR) is 60.9 cm³/mol. The van der Waals surface area contributed by atoms with E-state index in [1.54, 1.807) is 12.1 Å². The Morgan fingerprint density at radius 3 is 2.88 bits per heavy atom. The van der Waals surface area contributed by atoms with Crippen molar-refractivity contribution in [3.8, 4) is 0 Å². The van der Waals surface area contributed by atoms with E-state index in [-0.39, 0.29) is 17.3 Å². The molecular weight excluding hydrogens is 229 g/mol. The summed E-state index contributed by atoms with van der Waals surface area (Å²) in [6.07, 6.45) is 1.77. The van der Waals surface area contributed by atoms with Gasteiger partial charge < -0.3 is 5.32 Å². The van der Waals surface area contributed by atoms with Crippen molar-refractivity contribution in [2.75, 3.05) is 0 Å². The quantitative estimate of drug-likeness (QED) is 0.848. The number of rotatable bonds is 2. The number of carbonyl (C=O) groups excluding carboxylic acids is 1. The fraction of sp³-hybridized carbons (Fsp3) is 0.417. The Morgan fingerprint density at radius 1 is 1.56 bits per heavy atom. The Morgan fingerprint density at radius 2 is 2.31 bits per heavy atom. The summed E-state index contributed by atoms with van der Waals surface area (Å²) in [6, 6.07) is 4.64. The van der Waals surface area contributed by atoms with E-state index in [1.807, 2.05) is 6.92 Å². The van der Waals surface area contributed by atoms with Crippen LogP contribution in [0.1, 0.15) is 25.3 Å². The van der Waals surface area contributed by atoms with Gasteiger partial charge in [0.1, 0.15) is 5.82 Å². The average molecular weight is 242 g/mol. The van der Waals surface area contributed by atoms with Gasteiger partial charge in [-0.05, 0) is 37.5 Å². The van der Waals surface area contributed by atoms with E-state index in [2.05, 4.69) is 5.32 Å². The van der Waals surface area contributed by atoms with Crippen molar-refractivity contribution in [2.24, 2.45) is 0 Å². The molecule has 0 spiro atoms. The minimum atomic E-state index is -0.328. The molecule has 1 aromatic rings. The van der Waals surface area contributed by atoms with Crippen molar-refractivity contribution in [2.45, 2.75) is 31.7 Å². The van der Waals surface area contributed by atoms with Gasteiger partial charge in [0.2, 0.25) is 5.91 Å². The van der Waals surface area contributed by atoms with Gasteiger partial charge in [-0.15, -0.1) is 0 Å². The normalized spacial score (nSPS) is 24.6. The first-order valence-electron chi connectivity index (χ1n) is 5.23. The maximum absolute atomic E-state index is 13.6. The smallest absolute Gasteiger partial charge is 0.220 e. The summed E-state index contributed by atoms with van der Waals surface area (Å²) >= 11 is 5.68. The highest BCUT2D eigenvalue weighted by Crippen LogP contribution is 2.26. The summed E-state index contributed by atoms with van der Waals surface area (Å²) in [5.41, 5.74) is 0.264. The maximum atomic E-state index is 13.6. The molecular formula is C12H13ClFNO. The first-order chi connectivity index (χ1) is 7.48. The van der Waals surface area contributed by atoms with Gasteiger partial charge in [0.25, 0.3) is 0 Å². The Kier molecular flexibility index (Phi) is 2.89. The molecule has 1 unspecified atom stereocenters. The Labute approximate surface area is 98.8 Å². The number of hydrogen-bond donors (Lipinski definition) is 1. The number of carbonyl (C=O) groups is 1. The maximum Gasteiger partial charge on any atom is 0.220 e. The van der Waals surface area contributed by atoms with Gasteiger partial charge in [-0.2, -0.15) is 0 Å². The molecule has 1 aliphatic rings. The Bertz CT molecular complexity index is 435. The van der Waals surface area contributed by atoms with E-state index in [9.17, 15) is 9.18 Å². The lowest BCUT2D eigenvalue weighted by atomic mass is 9.91. The number of benzene rings is 1. The molecule has 0 aromatic heterocycles. The van der Waals surface area contributed by atoms with E-state index in [4.69, 9.17) is 11.6 Å². The van der Waals surface area contributed by atoms with E-state index < -0.39 is 0 Å². The van der Waals surface area contributed by atoms with Gasteiger partial charge >= 0.3 is 0 Å². The average Bonchev–Trinajstić information content (AvgIpc) is 2.52. The third-order valence-corrected chi connectivity index (χ3v) is 3.18. The standard InChI is InChI=1S/C12H13ClFNO/c1-12(5-4-11(16)15-12)7-8-2-3-9(13)6-10(8)14/h2-3,6H,4-5,7H2,1H3,(H,15,16). The summed E-state index contributed by atoms with van der Waals surface area (Å²) < 4.78 is 13.6. The van der Waals surface area contributed by atoms with Crippen LogP contribution in [0.4, 0.5) is 4.39 Å². The molecule has 0 bridgehead atoms. The van der Waals surface area contributed by atoms with Crippen LogP contribution in [0.3, 0.4) is 0 Å². The third-order valence-electron chi connectivity index (χ3n) is 2.94. The van der Waals surface area contributed by atoms with Crippen molar-refractivity contribution in [1.29, 1.82) is 0 Å². The predicted octanol–water partition coefficient (Wildman–Crippen LogP) is 2.69. The topological polar surface area (TPSA) is 29.1 Å². The van der Waals surface area contributed by atoms with Crippen LogP contribution in [0.15, 0.2) is 18.2 Å². The minimum absolute atomic E-state index is 0.0388. The molecule has 1 atom stereocenters. The molecule has 86 valence electrons. The van der Waals surface area contributed by atoms with Crippen LogP contribution < -0.4 is 5.32 Å². The Hall–Kier alpha value is -1.09. The molecule has 4 heteroatoms. The van der Waals surface area contributed by atoms with E-state index in [1.165, 1.54) is 6.07 Å². The van der Waals surface area contributed by atoms with Gasteiger partial charge in [0, 0.05) is 17.0 Å².